The highest BCUT2D eigenvalue weighted by molar-refractivity contribution is 7.80. The molecule has 1 aromatic heterocycles. The number of thiazole rings is 1. The number of halogens is 1. The molecule has 94 valence electrons. The first-order valence-corrected chi connectivity index (χ1v) is 6.91. The Morgan fingerprint density at radius 3 is 2.94 bits per heavy atom. The van der Waals surface area contributed by atoms with Gasteiger partial charge in [0.25, 0.3) is 0 Å². The summed E-state index contributed by atoms with van der Waals surface area (Å²) < 4.78 is 0. The zero-order valence-electron chi connectivity index (χ0n) is 9.74. The molecular weight excluding hydrogens is 286 g/mol. The van der Waals surface area contributed by atoms with E-state index in [1.165, 1.54) is 0 Å². The maximum Gasteiger partial charge on any atom is 0.106 e. The molecule has 3 nitrogen and oxygen atoms in total. The minimum absolute atomic E-state index is 0.334. The highest BCUT2D eigenvalue weighted by atomic mass is 35.5. The molecule has 18 heavy (non-hydrogen) atoms. The summed E-state index contributed by atoms with van der Waals surface area (Å²) in [5.74, 6) is 0. The summed E-state index contributed by atoms with van der Waals surface area (Å²) >= 11 is 12.6. The fraction of sp³-hybridized carbons (Fsp3) is 0.167. The number of hydrogen-bond donors (Lipinski definition) is 2. The third kappa shape index (κ3) is 3.19. The number of nitrogens with zero attached hydrogens (tertiary/aromatic N) is 1. The van der Waals surface area contributed by atoms with Crippen molar-refractivity contribution in [3.63, 3.8) is 0 Å². The van der Waals surface area contributed by atoms with Crippen LogP contribution in [0.5, 0.6) is 0 Å². The number of anilines is 1. The van der Waals surface area contributed by atoms with Gasteiger partial charge in [0, 0.05) is 27.3 Å². The van der Waals surface area contributed by atoms with Crippen molar-refractivity contribution in [3.8, 4) is 0 Å². The molecule has 2 aromatic rings. The summed E-state index contributed by atoms with van der Waals surface area (Å²) in [5, 5.41) is 4.97. The van der Waals surface area contributed by atoms with Crippen molar-refractivity contribution < 1.29 is 0 Å². The van der Waals surface area contributed by atoms with Crippen LogP contribution in [0.1, 0.15) is 15.4 Å². The minimum Gasteiger partial charge on any atom is -0.389 e. The molecule has 2 rings (SSSR count). The molecule has 1 aromatic carbocycles. The smallest absolute Gasteiger partial charge is 0.106 e. The Morgan fingerprint density at radius 2 is 2.33 bits per heavy atom. The molecule has 1 heterocycles. The summed E-state index contributed by atoms with van der Waals surface area (Å²) in [7, 11) is 0. The molecule has 0 aliphatic carbocycles. The van der Waals surface area contributed by atoms with Crippen molar-refractivity contribution in [3.05, 3.63) is 44.9 Å². The zero-order chi connectivity index (χ0) is 13.1. The molecular formula is C12H12ClN3S2. The molecule has 0 amide bonds. The zero-order valence-corrected chi connectivity index (χ0v) is 12.1. The molecule has 0 saturated heterocycles. The van der Waals surface area contributed by atoms with Crippen LogP contribution in [0.25, 0.3) is 0 Å². The third-order valence-corrected chi connectivity index (χ3v) is 3.74. The van der Waals surface area contributed by atoms with E-state index in [2.05, 4.69) is 10.3 Å². The Bertz CT molecular complexity index is 580. The second kappa shape index (κ2) is 5.65. The molecule has 0 atom stereocenters. The fourth-order valence-electron chi connectivity index (χ4n) is 1.54. The van der Waals surface area contributed by atoms with Gasteiger partial charge in [-0.3, -0.25) is 0 Å². The third-order valence-electron chi connectivity index (χ3n) is 2.37. The van der Waals surface area contributed by atoms with Gasteiger partial charge in [-0.1, -0.05) is 23.8 Å². The number of benzene rings is 1. The van der Waals surface area contributed by atoms with Gasteiger partial charge in [-0.05, 0) is 25.1 Å². The van der Waals surface area contributed by atoms with Crippen molar-refractivity contribution in [2.45, 2.75) is 13.5 Å². The van der Waals surface area contributed by atoms with Gasteiger partial charge in [-0.15, -0.1) is 11.3 Å². The van der Waals surface area contributed by atoms with Gasteiger partial charge in [-0.25, -0.2) is 4.98 Å². The van der Waals surface area contributed by atoms with Crippen LogP contribution in [0.15, 0.2) is 24.4 Å². The van der Waals surface area contributed by atoms with Gasteiger partial charge in [0.05, 0.1) is 11.6 Å². The standard InChI is InChI=1S/C12H12ClN3S2/c1-7-15-5-9(18-7)6-16-11-3-2-8(13)4-10(11)12(14)17/h2-5,16H,6H2,1H3,(H2,14,17). The van der Waals surface area contributed by atoms with Gasteiger partial charge in [0.15, 0.2) is 0 Å². The Morgan fingerprint density at radius 1 is 1.56 bits per heavy atom. The number of nitrogens with two attached hydrogens (primary N) is 1. The number of nitrogens with one attached hydrogen (secondary N) is 1. The van der Waals surface area contributed by atoms with Crippen molar-refractivity contribution in [1.82, 2.24) is 4.98 Å². The van der Waals surface area contributed by atoms with Crippen molar-refractivity contribution in [2.75, 3.05) is 5.32 Å². The van der Waals surface area contributed by atoms with E-state index in [-0.39, 0.29) is 0 Å². The number of hydrogen-bond acceptors (Lipinski definition) is 4. The quantitative estimate of drug-likeness (QED) is 0.850. The molecule has 0 aliphatic rings. The summed E-state index contributed by atoms with van der Waals surface area (Å²) in [6, 6.07) is 5.46. The largest absolute Gasteiger partial charge is 0.389 e. The average molecular weight is 298 g/mol. The van der Waals surface area contributed by atoms with Crippen LogP contribution in [-0.2, 0) is 6.54 Å². The maximum atomic E-state index is 5.93. The number of rotatable bonds is 4. The molecule has 0 aliphatic heterocycles. The number of thiocarbonyl (C=S) groups is 1. The first-order valence-electron chi connectivity index (χ1n) is 5.31. The van der Waals surface area contributed by atoms with Crippen molar-refractivity contribution in [2.24, 2.45) is 5.73 Å². The number of aryl methyl sites for hydroxylation is 1. The Hall–Kier alpha value is -1.17. The van der Waals surface area contributed by atoms with E-state index in [0.29, 0.717) is 16.6 Å². The number of aromatic nitrogens is 1. The molecule has 3 N–H and O–H groups in total. The van der Waals surface area contributed by atoms with Crippen LogP contribution in [0, 0.1) is 6.92 Å². The van der Waals surface area contributed by atoms with Crippen LogP contribution in [0.2, 0.25) is 5.02 Å². The Kier molecular flexibility index (Phi) is 4.16. The highest BCUT2D eigenvalue weighted by Gasteiger charge is 2.06. The molecule has 0 saturated carbocycles. The lowest BCUT2D eigenvalue weighted by molar-refractivity contribution is 1.17. The van der Waals surface area contributed by atoms with Crippen LogP contribution in [-0.4, -0.2) is 9.97 Å². The van der Waals surface area contributed by atoms with Crippen molar-refractivity contribution >= 4 is 45.8 Å². The summed E-state index contributed by atoms with van der Waals surface area (Å²) in [5.41, 5.74) is 7.33. The molecule has 0 bridgehead atoms. The Balaban J connectivity index is 2.16. The van der Waals surface area contributed by atoms with Crippen molar-refractivity contribution in [1.29, 1.82) is 0 Å². The Labute approximate surface area is 120 Å². The second-order valence-corrected chi connectivity index (χ2v) is 5.95. The highest BCUT2D eigenvalue weighted by Crippen LogP contribution is 2.22. The average Bonchev–Trinajstić information content (AvgIpc) is 2.73. The van der Waals surface area contributed by atoms with E-state index >= 15 is 0 Å². The van der Waals surface area contributed by atoms with Gasteiger partial charge in [0.2, 0.25) is 0 Å². The first kappa shape index (κ1) is 13.3. The predicted molar refractivity (Wildman–Crippen MR) is 81.5 cm³/mol. The van der Waals surface area contributed by atoms with E-state index in [0.717, 1.165) is 21.1 Å². The predicted octanol–water partition coefficient (Wildman–Crippen LogP) is 3.35. The van der Waals surface area contributed by atoms with Crippen LogP contribution in [0.3, 0.4) is 0 Å². The molecule has 0 unspecified atom stereocenters. The summed E-state index contributed by atoms with van der Waals surface area (Å²) in [4.78, 5) is 5.70. The fourth-order valence-corrected chi connectivity index (χ4v) is 2.62. The topological polar surface area (TPSA) is 50.9 Å². The van der Waals surface area contributed by atoms with E-state index in [1.807, 2.05) is 25.3 Å². The lowest BCUT2D eigenvalue weighted by atomic mass is 10.1. The first-order chi connectivity index (χ1) is 8.56. The van der Waals surface area contributed by atoms with Gasteiger partial charge < -0.3 is 11.1 Å². The summed E-state index contributed by atoms with van der Waals surface area (Å²) in [6.07, 6.45) is 1.86. The van der Waals surface area contributed by atoms with Crippen LogP contribution < -0.4 is 11.1 Å². The van der Waals surface area contributed by atoms with Crippen LogP contribution in [0.4, 0.5) is 5.69 Å². The molecule has 0 fully saturated rings. The van der Waals surface area contributed by atoms with E-state index in [9.17, 15) is 0 Å². The van der Waals surface area contributed by atoms with E-state index < -0.39 is 0 Å². The maximum absolute atomic E-state index is 5.93. The monoisotopic (exact) mass is 297 g/mol. The lowest BCUT2D eigenvalue weighted by Gasteiger charge is -2.10. The lowest BCUT2D eigenvalue weighted by Crippen LogP contribution is -2.13. The van der Waals surface area contributed by atoms with E-state index in [1.54, 1.807) is 17.4 Å². The summed E-state index contributed by atoms with van der Waals surface area (Å²) in [6.45, 7) is 2.68. The molecule has 0 radical (unpaired) electrons. The minimum atomic E-state index is 0.334. The molecule has 6 heteroatoms. The van der Waals surface area contributed by atoms with Crippen LogP contribution >= 0.6 is 35.2 Å². The van der Waals surface area contributed by atoms with Gasteiger partial charge in [-0.2, -0.15) is 0 Å². The molecule has 0 spiro atoms. The second-order valence-electron chi connectivity index (χ2n) is 3.75. The van der Waals surface area contributed by atoms with E-state index in [4.69, 9.17) is 29.6 Å². The SMILES string of the molecule is Cc1ncc(CNc2ccc(Cl)cc2C(N)=S)s1. The van der Waals surface area contributed by atoms with Gasteiger partial charge >= 0.3 is 0 Å². The van der Waals surface area contributed by atoms with Gasteiger partial charge in [0.1, 0.15) is 4.99 Å². The normalized spacial score (nSPS) is 10.3.